The number of benzene rings is 2. The molecule has 1 heterocycles. The van der Waals surface area contributed by atoms with Crippen molar-refractivity contribution in [2.24, 2.45) is 0 Å². The first-order chi connectivity index (χ1) is 11.7. The zero-order valence-electron chi connectivity index (χ0n) is 13.7. The normalized spacial score (nSPS) is 16.0. The second-order valence-corrected chi connectivity index (χ2v) is 6.19. The van der Waals surface area contributed by atoms with Crippen molar-refractivity contribution in [2.75, 3.05) is 26.2 Å². The van der Waals surface area contributed by atoms with Crippen LogP contribution in [0.15, 0.2) is 54.6 Å². The van der Waals surface area contributed by atoms with Gasteiger partial charge >= 0.3 is 0 Å². The van der Waals surface area contributed by atoms with Crippen LogP contribution >= 0.6 is 0 Å². The van der Waals surface area contributed by atoms with Crippen molar-refractivity contribution in [3.05, 3.63) is 65.7 Å². The van der Waals surface area contributed by atoms with E-state index in [4.69, 9.17) is 4.74 Å². The maximum atomic E-state index is 12.3. The van der Waals surface area contributed by atoms with E-state index in [0.29, 0.717) is 23.4 Å². The van der Waals surface area contributed by atoms with Crippen LogP contribution in [0.3, 0.4) is 0 Å². The summed E-state index contributed by atoms with van der Waals surface area (Å²) in [4.78, 5) is 14.6. The Morgan fingerprint density at radius 3 is 2.29 bits per heavy atom. The fourth-order valence-corrected chi connectivity index (χ4v) is 2.97. The predicted molar refractivity (Wildman–Crippen MR) is 93.5 cm³/mol. The van der Waals surface area contributed by atoms with Gasteiger partial charge in [-0.1, -0.05) is 30.3 Å². The van der Waals surface area contributed by atoms with Crippen LogP contribution in [0.5, 0.6) is 5.75 Å². The van der Waals surface area contributed by atoms with E-state index in [2.05, 4.69) is 4.90 Å². The molecule has 4 nitrogen and oxygen atoms in total. The molecule has 2 aromatic carbocycles. The molecule has 0 radical (unpaired) electrons. The topological polar surface area (TPSA) is 49.8 Å². The largest absolute Gasteiger partial charge is 0.491 e. The van der Waals surface area contributed by atoms with Crippen molar-refractivity contribution in [1.82, 2.24) is 4.90 Å². The lowest BCUT2D eigenvalue weighted by Gasteiger charge is -2.19. The quantitative estimate of drug-likeness (QED) is 0.795. The molecule has 1 N–H and O–H groups in total. The van der Waals surface area contributed by atoms with E-state index in [1.54, 1.807) is 24.3 Å². The second-order valence-electron chi connectivity index (χ2n) is 6.19. The monoisotopic (exact) mass is 325 g/mol. The van der Waals surface area contributed by atoms with Crippen molar-refractivity contribution < 1.29 is 14.6 Å². The zero-order chi connectivity index (χ0) is 16.8. The molecule has 0 spiro atoms. The number of ketones is 1. The highest BCUT2D eigenvalue weighted by Gasteiger charge is 2.16. The third-order valence-electron chi connectivity index (χ3n) is 4.26. The lowest BCUT2D eigenvalue weighted by atomic mass is 10.0. The van der Waals surface area contributed by atoms with E-state index in [1.165, 1.54) is 12.8 Å². The number of carbonyl (C=O) groups is 1. The third-order valence-corrected chi connectivity index (χ3v) is 4.26. The minimum absolute atomic E-state index is 0.00350. The lowest BCUT2D eigenvalue weighted by Crippen LogP contribution is -2.33. The van der Waals surface area contributed by atoms with Gasteiger partial charge in [0.2, 0.25) is 0 Å². The molecule has 0 aliphatic carbocycles. The molecular weight excluding hydrogens is 302 g/mol. The van der Waals surface area contributed by atoms with Crippen molar-refractivity contribution in [1.29, 1.82) is 0 Å². The number of carbonyl (C=O) groups excluding carboxylic acids is 1. The number of aliphatic hydroxyl groups excluding tert-OH is 1. The molecule has 0 amide bonds. The molecule has 0 unspecified atom stereocenters. The molecule has 3 rings (SSSR count). The Labute approximate surface area is 142 Å². The molecule has 1 atom stereocenters. The third kappa shape index (κ3) is 4.43. The molecule has 1 aliphatic heterocycles. The SMILES string of the molecule is O=C(c1ccccc1)c1ccc(OC[C@@H](O)CN2CCCC2)cc1. The fourth-order valence-electron chi connectivity index (χ4n) is 2.97. The Bertz CT molecular complexity index is 648. The van der Waals surface area contributed by atoms with Crippen LogP contribution in [0.2, 0.25) is 0 Å². The summed E-state index contributed by atoms with van der Waals surface area (Å²) < 4.78 is 5.63. The summed E-state index contributed by atoms with van der Waals surface area (Å²) in [6, 6.07) is 16.3. The summed E-state index contributed by atoms with van der Waals surface area (Å²) in [6.07, 6.45) is 1.93. The van der Waals surface area contributed by atoms with Crippen LogP contribution in [0.1, 0.15) is 28.8 Å². The van der Waals surface area contributed by atoms with Gasteiger partial charge in [0.1, 0.15) is 18.5 Å². The summed E-state index contributed by atoms with van der Waals surface area (Å²) in [5, 5.41) is 10.0. The highest BCUT2D eigenvalue weighted by molar-refractivity contribution is 6.08. The van der Waals surface area contributed by atoms with Gasteiger partial charge in [0.05, 0.1) is 0 Å². The van der Waals surface area contributed by atoms with Crippen LogP contribution < -0.4 is 4.74 Å². The molecule has 4 heteroatoms. The van der Waals surface area contributed by atoms with Crippen LogP contribution in [0.25, 0.3) is 0 Å². The average molecular weight is 325 g/mol. The Morgan fingerprint density at radius 1 is 1.00 bits per heavy atom. The van der Waals surface area contributed by atoms with Gasteiger partial charge in [-0.3, -0.25) is 4.79 Å². The van der Waals surface area contributed by atoms with Gasteiger partial charge in [0.25, 0.3) is 0 Å². The van der Waals surface area contributed by atoms with Crippen LogP contribution in [0, 0.1) is 0 Å². The van der Waals surface area contributed by atoms with Gasteiger partial charge in [-0.25, -0.2) is 0 Å². The number of ether oxygens (including phenoxy) is 1. The lowest BCUT2D eigenvalue weighted by molar-refractivity contribution is 0.0758. The van der Waals surface area contributed by atoms with E-state index in [-0.39, 0.29) is 12.4 Å². The van der Waals surface area contributed by atoms with E-state index in [0.717, 1.165) is 13.1 Å². The minimum atomic E-state index is -0.492. The highest BCUT2D eigenvalue weighted by Crippen LogP contribution is 2.16. The smallest absolute Gasteiger partial charge is 0.193 e. The molecule has 0 saturated carbocycles. The highest BCUT2D eigenvalue weighted by atomic mass is 16.5. The number of β-amino-alcohol motifs (C(OH)–C–C–N with tert-alkyl or cyclic N) is 1. The molecular formula is C20H23NO3. The zero-order valence-corrected chi connectivity index (χ0v) is 13.7. The molecule has 0 bridgehead atoms. The number of rotatable bonds is 7. The number of hydrogen-bond donors (Lipinski definition) is 1. The number of aliphatic hydroxyl groups is 1. The Balaban J connectivity index is 1.52. The standard InChI is InChI=1S/C20H23NO3/c22-18(14-21-12-4-5-13-21)15-24-19-10-8-17(9-11-19)20(23)16-6-2-1-3-7-16/h1-3,6-11,18,22H,4-5,12-15H2/t18-/m0/s1. The molecule has 2 aromatic rings. The first kappa shape index (κ1) is 16.7. The Morgan fingerprint density at radius 2 is 1.62 bits per heavy atom. The fraction of sp³-hybridized carbons (Fsp3) is 0.350. The summed E-state index contributed by atoms with van der Waals surface area (Å²) in [6.45, 7) is 3.05. The molecule has 126 valence electrons. The summed E-state index contributed by atoms with van der Waals surface area (Å²) in [5.41, 5.74) is 1.30. The molecule has 1 fully saturated rings. The van der Waals surface area contributed by atoms with E-state index >= 15 is 0 Å². The van der Waals surface area contributed by atoms with Crippen LogP contribution in [-0.4, -0.2) is 48.1 Å². The van der Waals surface area contributed by atoms with Gasteiger partial charge in [-0.2, -0.15) is 0 Å². The summed E-state index contributed by atoms with van der Waals surface area (Å²) >= 11 is 0. The maximum absolute atomic E-state index is 12.3. The van der Waals surface area contributed by atoms with Gasteiger partial charge in [0, 0.05) is 17.7 Å². The Kier molecular flexibility index (Phi) is 5.62. The number of nitrogens with zero attached hydrogens (tertiary/aromatic N) is 1. The summed E-state index contributed by atoms with van der Waals surface area (Å²) in [7, 11) is 0. The average Bonchev–Trinajstić information content (AvgIpc) is 3.13. The van der Waals surface area contributed by atoms with Crippen molar-refractivity contribution in [2.45, 2.75) is 18.9 Å². The van der Waals surface area contributed by atoms with E-state index in [9.17, 15) is 9.90 Å². The van der Waals surface area contributed by atoms with Gasteiger partial charge in [0.15, 0.2) is 5.78 Å². The van der Waals surface area contributed by atoms with Crippen LogP contribution in [-0.2, 0) is 0 Å². The van der Waals surface area contributed by atoms with Crippen molar-refractivity contribution in [3.63, 3.8) is 0 Å². The first-order valence-corrected chi connectivity index (χ1v) is 8.45. The predicted octanol–water partition coefficient (Wildman–Crippen LogP) is 2.75. The van der Waals surface area contributed by atoms with Crippen LogP contribution in [0.4, 0.5) is 0 Å². The van der Waals surface area contributed by atoms with Gasteiger partial charge in [-0.05, 0) is 50.2 Å². The van der Waals surface area contributed by atoms with E-state index in [1.807, 2.05) is 30.3 Å². The molecule has 0 aromatic heterocycles. The maximum Gasteiger partial charge on any atom is 0.193 e. The Hall–Kier alpha value is -2.17. The second kappa shape index (κ2) is 8.08. The van der Waals surface area contributed by atoms with Gasteiger partial charge in [-0.15, -0.1) is 0 Å². The number of hydrogen-bond acceptors (Lipinski definition) is 4. The minimum Gasteiger partial charge on any atom is -0.491 e. The summed E-state index contributed by atoms with van der Waals surface area (Å²) in [5.74, 6) is 0.663. The van der Waals surface area contributed by atoms with Gasteiger partial charge < -0.3 is 14.7 Å². The first-order valence-electron chi connectivity index (χ1n) is 8.45. The number of likely N-dealkylation sites (tertiary alicyclic amines) is 1. The van der Waals surface area contributed by atoms with E-state index < -0.39 is 6.10 Å². The van der Waals surface area contributed by atoms with Crippen molar-refractivity contribution in [3.8, 4) is 5.75 Å². The molecule has 1 saturated heterocycles. The van der Waals surface area contributed by atoms with Crippen molar-refractivity contribution >= 4 is 5.78 Å². The molecule has 24 heavy (non-hydrogen) atoms. The molecule has 1 aliphatic rings.